The van der Waals surface area contributed by atoms with Crippen LogP contribution < -0.4 is 5.32 Å². The first-order chi connectivity index (χ1) is 9.19. The Bertz CT molecular complexity index is 567. The van der Waals surface area contributed by atoms with Crippen molar-refractivity contribution in [2.24, 2.45) is 5.41 Å². The predicted octanol–water partition coefficient (Wildman–Crippen LogP) is 3.56. The number of hydrogen-bond acceptors (Lipinski definition) is 2. The molecule has 1 aliphatic carbocycles. The molecule has 100 valence electrons. The number of nitrogens with zero attached hydrogens (tertiary/aromatic N) is 1. The quantitative estimate of drug-likeness (QED) is 0.882. The summed E-state index contributed by atoms with van der Waals surface area (Å²) in [5, 5.41) is 4.91. The zero-order valence-electron chi connectivity index (χ0n) is 11.8. The van der Waals surface area contributed by atoms with Gasteiger partial charge in [0.2, 0.25) is 0 Å². The normalized spacial score (nSPS) is 18.4. The van der Waals surface area contributed by atoms with E-state index in [2.05, 4.69) is 48.4 Å². The summed E-state index contributed by atoms with van der Waals surface area (Å²) in [5.74, 6) is 0. The van der Waals surface area contributed by atoms with Gasteiger partial charge in [0.25, 0.3) is 0 Å². The van der Waals surface area contributed by atoms with Crippen molar-refractivity contribution >= 4 is 10.9 Å². The maximum Gasteiger partial charge on any atom is 0.0734 e. The van der Waals surface area contributed by atoms with Gasteiger partial charge >= 0.3 is 0 Å². The topological polar surface area (TPSA) is 24.9 Å². The summed E-state index contributed by atoms with van der Waals surface area (Å²) < 4.78 is 0. The van der Waals surface area contributed by atoms with Crippen LogP contribution in [0.3, 0.4) is 0 Å². The van der Waals surface area contributed by atoms with Gasteiger partial charge in [0.15, 0.2) is 0 Å². The third-order valence-electron chi connectivity index (χ3n) is 4.65. The maximum absolute atomic E-state index is 4.51. The zero-order chi connectivity index (χ0) is 13.3. The van der Waals surface area contributed by atoms with Crippen LogP contribution in [0.1, 0.15) is 32.3 Å². The molecule has 19 heavy (non-hydrogen) atoms. The van der Waals surface area contributed by atoms with Crippen molar-refractivity contribution in [2.45, 2.75) is 39.2 Å². The van der Waals surface area contributed by atoms with E-state index >= 15 is 0 Å². The number of rotatable bonds is 5. The summed E-state index contributed by atoms with van der Waals surface area (Å²) in [5.41, 5.74) is 3.05. The van der Waals surface area contributed by atoms with Crippen molar-refractivity contribution in [1.82, 2.24) is 10.3 Å². The van der Waals surface area contributed by atoms with Gasteiger partial charge in [0, 0.05) is 17.6 Å². The third kappa shape index (κ3) is 2.64. The second-order valence-corrected chi connectivity index (χ2v) is 6.07. The Kier molecular flexibility index (Phi) is 3.28. The fourth-order valence-electron chi connectivity index (χ4n) is 2.67. The van der Waals surface area contributed by atoms with Crippen molar-refractivity contribution in [3.05, 3.63) is 42.1 Å². The number of nitrogens with one attached hydrogen (secondary N) is 1. The molecule has 1 aromatic heterocycles. The number of para-hydroxylation sites is 1. The first-order valence-corrected chi connectivity index (χ1v) is 7.25. The highest BCUT2D eigenvalue weighted by Crippen LogP contribution is 2.47. The minimum absolute atomic E-state index is 0.553. The molecule has 1 fully saturated rings. The van der Waals surface area contributed by atoms with Crippen LogP contribution in [0.4, 0.5) is 0 Å². The Morgan fingerprint density at radius 2 is 2.05 bits per heavy atom. The van der Waals surface area contributed by atoms with Gasteiger partial charge in [-0.2, -0.15) is 0 Å². The predicted molar refractivity (Wildman–Crippen MR) is 80.3 cm³/mol. The number of benzene rings is 1. The molecule has 0 spiro atoms. The average Bonchev–Trinajstić information content (AvgIpc) is 3.18. The van der Waals surface area contributed by atoms with Crippen molar-refractivity contribution in [3.8, 4) is 0 Å². The molecule has 0 amide bonds. The lowest BCUT2D eigenvalue weighted by Crippen LogP contribution is -2.34. The van der Waals surface area contributed by atoms with E-state index in [1.807, 2.05) is 12.3 Å². The van der Waals surface area contributed by atoms with Gasteiger partial charge in [-0.1, -0.05) is 31.2 Å². The van der Waals surface area contributed by atoms with E-state index in [1.54, 1.807) is 0 Å². The molecule has 1 unspecified atom stereocenters. The minimum Gasteiger partial charge on any atom is -0.313 e. The standard InChI is InChI=1S/C17H22N2/c1-13(17(2)9-10-17)18-12-8-15-6-3-5-14-7-4-11-19-16(14)15/h3-7,11,13,18H,8-10,12H2,1-2H3. The summed E-state index contributed by atoms with van der Waals surface area (Å²) in [6.07, 6.45) is 5.68. The highest BCUT2D eigenvalue weighted by molar-refractivity contribution is 5.81. The molecule has 3 rings (SSSR count). The van der Waals surface area contributed by atoms with Gasteiger partial charge in [0.05, 0.1) is 5.52 Å². The summed E-state index contributed by atoms with van der Waals surface area (Å²) in [7, 11) is 0. The van der Waals surface area contributed by atoms with Gasteiger partial charge in [-0.25, -0.2) is 0 Å². The Labute approximate surface area is 115 Å². The molecule has 0 radical (unpaired) electrons. The zero-order valence-corrected chi connectivity index (χ0v) is 11.8. The van der Waals surface area contributed by atoms with Gasteiger partial charge in [-0.3, -0.25) is 4.98 Å². The number of fused-ring (bicyclic) bond motifs is 1. The second-order valence-electron chi connectivity index (χ2n) is 6.07. The molecule has 1 atom stereocenters. The SMILES string of the molecule is CC(NCCc1cccc2cccnc12)C1(C)CC1. The fraction of sp³-hybridized carbons (Fsp3) is 0.471. The lowest BCUT2D eigenvalue weighted by Gasteiger charge is -2.20. The first-order valence-electron chi connectivity index (χ1n) is 7.25. The van der Waals surface area contributed by atoms with E-state index < -0.39 is 0 Å². The molecular formula is C17H22N2. The number of aromatic nitrogens is 1. The van der Waals surface area contributed by atoms with E-state index in [1.165, 1.54) is 23.8 Å². The summed E-state index contributed by atoms with van der Waals surface area (Å²) in [6.45, 7) is 5.73. The Morgan fingerprint density at radius 1 is 1.26 bits per heavy atom. The van der Waals surface area contributed by atoms with Crippen LogP contribution in [0.25, 0.3) is 10.9 Å². The van der Waals surface area contributed by atoms with Crippen LogP contribution in [0.5, 0.6) is 0 Å². The van der Waals surface area contributed by atoms with Gasteiger partial charge in [-0.15, -0.1) is 0 Å². The smallest absolute Gasteiger partial charge is 0.0734 e. The number of pyridine rings is 1. The average molecular weight is 254 g/mol. The maximum atomic E-state index is 4.51. The fourth-order valence-corrected chi connectivity index (χ4v) is 2.67. The van der Waals surface area contributed by atoms with Crippen LogP contribution in [0.2, 0.25) is 0 Å². The van der Waals surface area contributed by atoms with Gasteiger partial charge in [0.1, 0.15) is 0 Å². The Hall–Kier alpha value is -1.41. The van der Waals surface area contributed by atoms with Crippen molar-refractivity contribution in [1.29, 1.82) is 0 Å². The molecule has 0 aliphatic heterocycles. The van der Waals surface area contributed by atoms with Crippen LogP contribution in [0, 0.1) is 5.41 Å². The molecule has 2 nitrogen and oxygen atoms in total. The summed E-state index contributed by atoms with van der Waals surface area (Å²) in [6, 6.07) is 11.2. The molecule has 1 saturated carbocycles. The highest BCUT2D eigenvalue weighted by Gasteiger charge is 2.41. The lowest BCUT2D eigenvalue weighted by atomic mass is 10.0. The molecule has 1 aliphatic rings. The van der Waals surface area contributed by atoms with Gasteiger partial charge in [-0.05, 0) is 49.8 Å². The largest absolute Gasteiger partial charge is 0.313 e. The van der Waals surface area contributed by atoms with Crippen molar-refractivity contribution < 1.29 is 0 Å². The van der Waals surface area contributed by atoms with Crippen molar-refractivity contribution in [2.75, 3.05) is 6.54 Å². The lowest BCUT2D eigenvalue weighted by molar-refractivity contribution is 0.384. The summed E-state index contributed by atoms with van der Waals surface area (Å²) >= 11 is 0. The Morgan fingerprint density at radius 3 is 2.84 bits per heavy atom. The molecule has 2 heteroatoms. The molecule has 0 bridgehead atoms. The van der Waals surface area contributed by atoms with Gasteiger partial charge < -0.3 is 5.32 Å². The van der Waals surface area contributed by atoms with Crippen LogP contribution in [-0.4, -0.2) is 17.6 Å². The molecule has 1 heterocycles. The number of hydrogen-bond donors (Lipinski definition) is 1. The molecule has 1 aromatic carbocycles. The van der Waals surface area contributed by atoms with E-state index in [4.69, 9.17) is 0 Å². The van der Waals surface area contributed by atoms with E-state index in [9.17, 15) is 0 Å². The molecule has 2 aromatic rings. The minimum atomic E-state index is 0.553. The van der Waals surface area contributed by atoms with E-state index in [0.29, 0.717) is 11.5 Å². The van der Waals surface area contributed by atoms with Crippen molar-refractivity contribution in [3.63, 3.8) is 0 Å². The van der Waals surface area contributed by atoms with E-state index in [0.717, 1.165) is 18.5 Å². The van der Waals surface area contributed by atoms with Crippen LogP contribution in [-0.2, 0) is 6.42 Å². The van der Waals surface area contributed by atoms with Crippen LogP contribution in [0.15, 0.2) is 36.5 Å². The highest BCUT2D eigenvalue weighted by atomic mass is 14.9. The molecule has 0 saturated heterocycles. The van der Waals surface area contributed by atoms with E-state index in [-0.39, 0.29) is 0 Å². The van der Waals surface area contributed by atoms with Crippen LogP contribution >= 0.6 is 0 Å². The Balaban J connectivity index is 1.65. The monoisotopic (exact) mass is 254 g/mol. The second kappa shape index (κ2) is 4.93. The third-order valence-corrected chi connectivity index (χ3v) is 4.65. The summed E-state index contributed by atoms with van der Waals surface area (Å²) in [4.78, 5) is 4.51. The molecule has 1 N–H and O–H groups in total. The first kappa shape index (κ1) is 12.6. The molecular weight excluding hydrogens is 232 g/mol.